The van der Waals surface area contributed by atoms with Gasteiger partial charge in [-0.3, -0.25) is 10.0 Å². The molecule has 0 aliphatic rings. The summed E-state index contributed by atoms with van der Waals surface area (Å²) in [5, 5.41) is 8.55. The molecular formula is C13H16N2O4S. The van der Waals surface area contributed by atoms with Gasteiger partial charge in [0.05, 0.1) is 4.90 Å². The minimum Gasteiger partial charge on any atom is -0.289 e. The predicted molar refractivity (Wildman–Crippen MR) is 73.3 cm³/mol. The quantitative estimate of drug-likeness (QED) is 0.483. The van der Waals surface area contributed by atoms with E-state index in [-0.39, 0.29) is 4.90 Å². The lowest BCUT2D eigenvalue weighted by atomic mass is 10.2. The zero-order valence-electron chi connectivity index (χ0n) is 11.4. The fourth-order valence-electron chi connectivity index (χ4n) is 1.49. The normalized spacial score (nSPS) is 12.4. The van der Waals surface area contributed by atoms with E-state index in [4.69, 9.17) is 5.21 Å². The molecule has 0 fully saturated rings. The molecule has 0 unspecified atom stereocenters. The van der Waals surface area contributed by atoms with Crippen molar-refractivity contribution in [2.45, 2.75) is 24.8 Å². The van der Waals surface area contributed by atoms with E-state index >= 15 is 0 Å². The molecule has 6 nitrogen and oxygen atoms in total. The van der Waals surface area contributed by atoms with E-state index in [1.807, 2.05) is 0 Å². The molecule has 7 heteroatoms. The highest BCUT2D eigenvalue weighted by molar-refractivity contribution is 7.89. The van der Waals surface area contributed by atoms with Crippen molar-refractivity contribution >= 4 is 15.9 Å². The fraction of sp³-hybridized carbons (Fsp3) is 0.308. The summed E-state index contributed by atoms with van der Waals surface area (Å²) in [5.41, 5.74) is 2.14. The number of nitrogens with zero attached hydrogens (tertiary/aromatic N) is 1. The monoisotopic (exact) mass is 296 g/mol. The first-order valence-corrected chi connectivity index (χ1v) is 7.23. The van der Waals surface area contributed by atoms with Crippen LogP contribution in [0.5, 0.6) is 0 Å². The maximum Gasteiger partial charge on any atom is 0.261 e. The SMILES string of the molecule is CC#Cc1ccc(S(=O)(=O)N(C)[C@H](C)C(=O)NO)cc1. The lowest BCUT2D eigenvalue weighted by Crippen LogP contribution is -2.44. The third kappa shape index (κ3) is 3.36. The highest BCUT2D eigenvalue weighted by Gasteiger charge is 2.29. The Morgan fingerprint density at radius 1 is 1.35 bits per heavy atom. The van der Waals surface area contributed by atoms with Gasteiger partial charge in [0.1, 0.15) is 6.04 Å². The fourth-order valence-corrected chi connectivity index (χ4v) is 2.81. The Morgan fingerprint density at radius 3 is 2.35 bits per heavy atom. The van der Waals surface area contributed by atoms with E-state index in [0.29, 0.717) is 5.56 Å². The van der Waals surface area contributed by atoms with Crippen LogP contribution in [-0.4, -0.2) is 36.9 Å². The molecule has 0 radical (unpaired) electrons. The summed E-state index contributed by atoms with van der Waals surface area (Å²) in [5.74, 6) is 4.72. The van der Waals surface area contributed by atoms with Gasteiger partial charge < -0.3 is 0 Å². The molecule has 0 saturated carbocycles. The van der Waals surface area contributed by atoms with E-state index in [1.165, 1.54) is 31.6 Å². The minimum absolute atomic E-state index is 0.0549. The topological polar surface area (TPSA) is 86.7 Å². The van der Waals surface area contributed by atoms with Crippen molar-refractivity contribution in [2.24, 2.45) is 0 Å². The summed E-state index contributed by atoms with van der Waals surface area (Å²) in [6, 6.07) is 5.01. The molecule has 0 saturated heterocycles. The number of sulfonamides is 1. The third-order valence-electron chi connectivity index (χ3n) is 2.84. The summed E-state index contributed by atoms with van der Waals surface area (Å²) < 4.78 is 25.5. The van der Waals surface area contributed by atoms with Crippen molar-refractivity contribution in [3.8, 4) is 11.8 Å². The second-order valence-corrected chi connectivity index (χ2v) is 6.07. The zero-order chi connectivity index (χ0) is 15.3. The Kier molecular flexibility index (Phi) is 5.27. The Hall–Kier alpha value is -1.88. The number of carbonyl (C=O) groups excluding carboxylic acids is 1. The van der Waals surface area contributed by atoms with Gasteiger partial charge in [-0.05, 0) is 38.1 Å². The van der Waals surface area contributed by atoms with Gasteiger partial charge in [0, 0.05) is 12.6 Å². The second-order valence-electron chi connectivity index (χ2n) is 4.07. The van der Waals surface area contributed by atoms with Crippen LogP contribution in [-0.2, 0) is 14.8 Å². The number of nitrogens with one attached hydrogen (secondary N) is 1. The first-order valence-electron chi connectivity index (χ1n) is 5.79. The number of rotatable bonds is 4. The van der Waals surface area contributed by atoms with Crippen LogP contribution in [0.3, 0.4) is 0 Å². The number of hydrogen-bond donors (Lipinski definition) is 2. The predicted octanol–water partition coefficient (Wildman–Crippen LogP) is 0.572. The van der Waals surface area contributed by atoms with Gasteiger partial charge in [-0.15, -0.1) is 5.92 Å². The standard InChI is InChI=1S/C13H16N2O4S/c1-4-5-11-6-8-12(9-7-11)20(18,19)15(3)10(2)13(16)14-17/h6-10,17H,1-3H3,(H,14,16)/t10-/m1/s1. The van der Waals surface area contributed by atoms with Crippen LogP contribution in [0.15, 0.2) is 29.2 Å². The van der Waals surface area contributed by atoms with E-state index in [9.17, 15) is 13.2 Å². The molecule has 108 valence electrons. The number of benzene rings is 1. The number of amides is 1. The minimum atomic E-state index is -3.81. The number of carbonyl (C=O) groups is 1. The molecule has 1 rings (SSSR count). The van der Waals surface area contributed by atoms with Gasteiger partial charge in [-0.25, -0.2) is 13.9 Å². The second kappa shape index (κ2) is 6.52. The Bertz CT molecular complexity index is 641. The summed E-state index contributed by atoms with van der Waals surface area (Å²) in [4.78, 5) is 11.3. The molecule has 0 heterocycles. The Labute approximate surface area is 118 Å². The van der Waals surface area contributed by atoms with Crippen molar-refractivity contribution in [1.82, 2.24) is 9.79 Å². The largest absolute Gasteiger partial charge is 0.289 e. The molecule has 2 N–H and O–H groups in total. The molecule has 0 spiro atoms. The molecular weight excluding hydrogens is 280 g/mol. The van der Waals surface area contributed by atoms with Gasteiger partial charge in [-0.2, -0.15) is 4.31 Å². The first kappa shape index (κ1) is 16.2. The number of hydroxylamine groups is 1. The Balaban J connectivity index is 3.09. The molecule has 0 aromatic heterocycles. The van der Waals surface area contributed by atoms with Crippen molar-refractivity contribution in [3.05, 3.63) is 29.8 Å². The smallest absolute Gasteiger partial charge is 0.261 e. The summed E-state index contributed by atoms with van der Waals surface area (Å²) in [6.45, 7) is 3.06. The lowest BCUT2D eigenvalue weighted by molar-refractivity contribution is -0.132. The van der Waals surface area contributed by atoms with Crippen molar-refractivity contribution in [1.29, 1.82) is 0 Å². The van der Waals surface area contributed by atoms with Gasteiger partial charge in [0.2, 0.25) is 10.0 Å². The molecule has 0 aliphatic carbocycles. The van der Waals surface area contributed by atoms with Crippen LogP contribution in [0.1, 0.15) is 19.4 Å². The average Bonchev–Trinajstić information content (AvgIpc) is 2.45. The van der Waals surface area contributed by atoms with Gasteiger partial charge >= 0.3 is 0 Å². The number of hydrogen-bond acceptors (Lipinski definition) is 4. The maximum atomic E-state index is 12.3. The van der Waals surface area contributed by atoms with Crippen molar-refractivity contribution in [2.75, 3.05) is 7.05 Å². The highest BCUT2D eigenvalue weighted by atomic mass is 32.2. The van der Waals surface area contributed by atoms with Crippen LogP contribution in [0, 0.1) is 11.8 Å². The van der Waals surface area contributed by atoms with E-state index in [2.05, 4.69) is 11.8 Å². The molecule has 1 aromatic rings. The van der Waals surface area contributed by atoms with Crippen molar-refractivity contribution < 1.29 is 18.4 Å². The van der Waals surface area contributed by atoms with Gasteiger partial charge in [-0.1, -0.05) is 5.92 Å². The van der Waals surface area contributed by atoms with E-state index in [1.54, 1.807) is 19.1 Å². The van der Waals surface area contributed by atoms with Crippen molar-refractivity contribution in [3.63, 3.8) is 0 Å². The van der Waals surface area contributed by atoms with Crippen LogP contribution in [0.25, 0.3) is 0 Å². The van der Waals surface area contributed by atoms with Crippen LogP contribution in [0.2, 0.25) is 0 Å². The lowest BCUT2D eigenvalue weighted by Gasteiger charge is -2.22. The molecule has 1 aromatic carbocycles. The zero-order valence-corrected chi connectivity index (χ0v) is 12.2. The van der Waals surface area contributed by atoms with Crippen LogP contribution < -0.4 is 5.48 Å². The average molecular weight is 296 g/mol. The van der Waals surface area contributed by atoms with E-state index < -0.39 is 22.0 Å². The highest BCUT2D eigenvalue weighted by Crippen LogP contribution is 2.17. The maximum absolute atomic E-state index is 12.3. The first-order chi connectivity index (χ1) is 9.34. The molecule has 1 atom stereocenters. The van der Waals surface area contributed by atoms with E-state index in [0.717, 1.165) is 4.31 Å². The van der Waals surface area contributed by atoms with Crippen LogP contribution in [0.4, 0.5) is 0 Å². The summed E-state index contributed by atoms with van der Waals surface area (Å²) in [6.07, 6.45) is 0. The molecule has 0 aliphatic heterocycles. The number of likely N-dealkylation sites (N-methyl/N-ethyl adjacent to an activating group) is 1. The molecule has 0 bridgehead atoms. The summed E-state index contributed by atoms with van der Waals surface area (Å²) in [7, 11) is -2.54. The molecule has 20 heavy (non-hydrogen) atoms. The van der Waals surface area contributed by atoms with Gasteiger partial charge in [0.15, 0.2) is 0 Å². The Morgan fingerprint density at radius 2 is 1.90 bits per heavy atom. The molecule has 1 amide bonds. The summed E-state index contributed by atoms with van der Waals surface area (Å²) >= 11 is 0. The third-order valence-corrected chi connectivity index (χ3v) is 4.78. The van der Waals surface area contributed by atoms with Gasteiger partial charge in [0.25, 0.3) is 5.91 Å². The van der Waals surface area contributed by atoms with Crippen LogP contribution >= 0.6 is 0 Å².